The number of carbonyl (C=O) groups excluding carboxylic acids is 1. The van der Waals surface area contributed by atoms with Crippen molar-refractivity contribution in [3.63, 3.8) is 0 Å². The number of aryl methyl sites for hydroxylation is 1. The van der Waals surface area contributed by atoms with Crippen LogP contribution in [0.2, 0.25) is 0 Å². The van der Waals surface area contributed by atoms with E-state index in [1.54, 1.807) is 12.1 Å². The molecule has 0 radical (unpaired) electrons. The largest absolute Gasteiger partial charge is 0.321 e. The molecule has 0 saturated heterocycles. The molecule has 4 rings (SSSR count). The van der Waals surface area contributed by atoms with Crippen molar-refractivity contribution in [3.8, 4) is 5.69 Å². The molecule has 0 aliphatic heterocycles. The highest BCUT2D eigenvalue weighted by molar-refractivity contribution is 7.89. The summed E-state index contributed by atoms with van der Waals surface area (Å²) in [5, 5.41) is 7.46. The second-order valence-electron chi connectivity index (χ2n) is 8.11. The van der Waals surface area contributed by atoms with E-state index in [0.717, 1.165) is 54.6 Å². The Morgan fingerprint density at radius 2 is 1.91 bits per heavy atom. The maximum atomic E-state index is 13.1. The maximum absolute atomic E-state index is 13.1. The Morgan fingerprint density at radius 1 is 1.12 bits per heavy atom. The molecule has 0 unspecified atom stereocenters. The molecule has 8 heteroatoms. The lowest BCUT2D eigenvalue weighted by Gasteiger charge is -2.09. The number of benzene rings is 2. The molecule has 0 bridgehead atoms. The van der Waals surface area contributed by atoms with Crippen LogP contribution < -0.4 is 10.0 Å². The summed E-state index contributed by atoms with van der Waals surface area (Å²) in [5.74, 6) is -0.331. The van der Waals surface area contributed by atoms with Gasteiger partial charge in [-0.25, -0.2) is 17.8 Å². The average Bonchev–Trinajstić information content (AvgIpc) is 3.38. The first-order chi connectivity index (χ1) is 15.4. The molecule has 3 aromatic rings. The molecule has 7 nitrogen and oxygen atoms in total. The zero-order valence-electron chi connectivity index (χ0n) is 18.4. The summed E-state index contributed by atoms with van der Waals surface area (Å²) in [4.78, 5) is 13.2. The smallest absolute Gasteiger partial charge is 0.276 e. The molecule has 0 fully saturated rings. The summed E-state index contributed by atoms with van der Waals surface area (Å²) in [7, 11) is -3.62. The van der Waals surface area contributed by atoms with E-state index in [1.165, 1.54) is 12.1 Å². The third-order valence-corrected chi connectivity index (χ3v) is 7.11. The van der Waals surface area contributed by atoms with Crippen LogP contribution in [-0.2, 0) is 22.9 Å². The number of amides is 1. The Balaban J connectivity index is 1.58. The number of hydrogen-bond donors (Lipinski definition) is 2. The van der Waals surface area contributed by atoms with Crippen LogP contribution >= 0.6 is 0 Å². The van der Waals surface area contributed by atoms with Crippen LogP contribution in [0.1, 0.15) is 53.5 Å². The highest BCUT2D eigenvalue weighted by Crippen LogP contribution is 2.28. The minimum Gasteiger partial charge on any atom is -0.321 e. The van der Waals surface area contributed by atoms with E-state index in [2.05, 4.69) is 15.1 Å². The number of rotatable bonds is 8. The predicted octanol–water partition coefficient (Wildman–Crippen LogP) is 4.00. The van der Waals surface area contributed by atoms with Crippen LogP contribution in [-0.4, -0.2) is 30.7 Å². The molecule has 0 saturated carbocycles. The SMILES string of the molecule is CCCCNS(=O)(=O)c1cccc(NC(=O)c2nn(-c3ccc(C)cc3)c3c2CCC3)c1. The minimum absolute atomic E-state index is 0.127. The Kier molecular flexibility index (Phi) is 6.43. The topological polar surface area (TPSA) is 93.1 Å². The van der Waals surface area contributed by atoms with Crippen LogP contribution in [0.5, 0.6) is 0 Å². The molecule has 32 heavy (non-hydrogen) atoms. The first kappa shape index (κ1) is 22.2. The third-order valence-electron chi connectivity index (χ3n) is 5.65. The summed E-state index contributed by atoms with van der Waals surface area (Å²) in [6, 6.07) is 14.4. The van der Waals surface area contributed by atoms with Gasteiger partial charge >= 0.3 is 0 Å². The van der Waals surface area contributed by atoms with Crippen molar-refractivity contribution in [2.75, 3.05) is 11.9 Å². The molecular weight excluding hydrogens is 424 g/mol. The van der Waals surface area contributed by atoms with Gasteiger partial charge in [0.1, 0.15) is 0 Å². The molecule has 2 aromatic carbocycles. The van der Waals surface area contributed by atoms with Crippen molar-refractivity contribution >= 4 is 21.6 Å². The predicted molar refractivity (Wildman–Crippen MR) is 125 cm³/mol. The number of anilines is 1. The van der Waals surface area contributed by atoms with Gasteiger partial charge in [-0.1, -0.05) is 37.1 Å². The van der Waals surface area contributed by atoms with Crippen molar-refractivity contribution in [3.05, 3.63) is 71.0 Å². The summed E-state index contributed by atoms with van der Waals surface area (Å²) >= 11 is 0. The molecule has 1 aliphatic carbocycles. The lowest BCUT2D eigenvalue weighted by atomic mass is 10.2. The number of carbonyl (C=O) groups is 1. The standard InChI is InChI=1S/C24H28N4O3S/c1-3-4-15-25-32(30,31)20-8-5-7-18(16-20)26-24(29)23-21-9-6-10-22(21)28(27-23)19-13-11-17(2)12-14-19/h5,7-8,11-14,16,25H,3-4,6,9-10,15H2,1-2H3,(H,26,29). The van der Waals surface area contributed by atoms with Crippen LogP contribution in [0.15, 0.2) is 53.4 Å². The summed E-state index contributed by atoms with van der Waals surface area (Å²) in [6.07, 6.45) is 4.33. The van der Waals surface area contributed by atoms with Crippen LogP contribution in [0, 0.1) is 6.92 Å². The molecular formula is C24H28N4O3S. The molecule has 0 atom stereocenters. The molecule has 1 amide bonds. The van der Waals surface area contributed by atoms with E-state index in [4.69, 9.17) is 0 Å². The van der Waals surface area contributed by atoms with Crippen molar-refractivity contribution < 1.29 is 13.2 Å². The zero-order valence-corrected chi connectivity index (χ0v) is 19.2. The first-order valence-electron chi connectivity index (χ1n) is 11.0. The number of nitrogens with zero attached hydrogens (tertiary/aromatic N) is 2. The lowest BCUT2D eigenvalue weighted by molar-refractivity contribution is 0.102. The molecule has 1 heterocycles. The van der Waals surface area contributed by atoms with E-state index in [1.807, 2.05) is 42.8 Å². The molecule has 0 spiro atoms. The fourth-order valence-corrected chi connectivity index (χ4v) is 5.04. The van der Waals surface area contributed by atoms with E-state index in [0.29, 0.717) is 17.9 Å². The Hall–Kier alpha value is -2.97. The fraction of sp³-hybridized carbons (Fsp3) is 0.333. The molecule has 1 aromatic heterocycles. The first-order valence-corrected chi connectivity index (χ1v) is 12.5. The average molecular weight is 453 g/mol. The van der Waals surface area contributed by atoms with Gasteiger partial charge in [0, 0.05) is 23.5 Å². The normalized spacial score (nSPS) is 13.2. The molecule has 2 N–H and O–H groups in total. The van der Waals surface area contributed by atoms with Gasteiger partial charge in [-0.05, 0) is 62.9 Å². The van der Waals surface area contributed by atoms with Crippen molar-refractivity contribution in [2.45, 2.75) is 50.8 Å². The van der Waals surface area contributed by atoms with Crippen LogP contribution in [0.25, 0.3) is 5.69 Å². The van der Waals surface area contributed by atoms with Crippen LogP contribution in [0.3, 0.4) is 0 Å². The molecule has 168 valence electrons. The van der Waals surface area contributed by atoms with Gasteiger partial charge in [-0.2, -0.15) is 5.10 Å². The number of fused-ring (bicyclic) bond motifs is 1. The number of sulfonamides is 1. The van der Waals surface area contributed by atoms with Gasteiger partial charge in [0.2, 0.25) is 10.0 Å². The quantitative estimate of drug-likeness (QED) is 0.505. The number of unbranched alkanes of at least 4 members (excludes halogenated alkanes) is 1. The van der Waals surface area contributed by atoms with Gasteiger partial charge in [0.25, 0.3) is 5.91 Å². The second-order valence-corrected chi connectivity index (χ2v) is 9.87. The fourth-order valence-electron chi connectivity index (χ4n) is 3.92. The highest BCUT2D eigenvalue weighted by atomic mass is 32.2. The van der Waals surface area contributed by atoms with Gasteiger partial charge in [0.15, 0.2) is 5.69 Å². The van der Waals surface area contributed by atoms with Gasteiger partial charge in [0.05, 0.1) is 10.6 Å². The lowest BCUT2D eigenvalue weighted by Crippen LogP contribution is -2.25. The summed E-state index contributed by atoms with van der Waals surface area (Å²) in [6.45, 7) is 4.42. The van der Waals surface area contributed by atoms with Crippen molar-refractivity contribution in [2.24, 2.45) is 0 Å². The second kappa shape index (κ2) is 9.26. The maximum Gasteiger partial charge on any atom is 0.276 e. The minimum atomic E-state index is -3.62. The Morgan fingerprint density at radius 3 is 2.66 bits per heavy atom. The van der Waals surface area contributed by atoms with E-state index >= 15 is 0 Å². The van der Waals surface area contributed by atoms with E-state index in [9.17, 15) is 13.2 Å². The van der Waals surface area contributed by atoms with Crippen LogP contribution in [0.4, 0.5) is 5.69 Å². The van der Waals surface area contributed by atoms with Gasteiger partial charge in [-0.3, -0.25) is 4.79 Å². The van der Waals surface area contributed by atoms with Crippen molar-refractivity contribution in [1.29, 1.82) is 0 Å². The van der Waals surface area contributed by atoms with Crippen molar-refractivity contribution in [1.82, 2.24) is 14.5 Å². The zero-order chi connectivity index (χ0) is 22.7. The Labute approximate surface area is 188 Å². The van der Waals surface area contributed by atoms with Gasteiger partial charge in [-0.15, -0.1) is 0 Å². The number of nitrogens with one attached hydrogen (secondary N) is 2. The van der Waals surface area contributed by atoms with E-state index < -0.39 is 10.0 Å². The summed E-state index contributed by atoms with van der Waals surface area (Å²) in [5.41, 5.74) is 4.94. The Bertz CT molecular complexity index is 1230. The monoisotopic (exact) mass is 452 g/mol. The molecule has 1 aliphatic rings. The number of hydrogen-bond acceptors (Lipinski definition) is 4. The van der Waals surface area contributed by atoms with Gasteiger partial charge < -0.3 is 5.32 Å². The number of aromatic nitrogens is 2. The van der Waals surface area contributed by atoms with E-state index in [-0.39, 0.29) is 10.8 Å². The highest BCUT2D eigenvalue weighted by Gasteiger charge is 2.27. The third kappa shape index (κ3) is 4.61. The summed E-state index contributed by atoms with van der Waals surface area (Å²) < 4.78 is 29.5.